The van der Waals surface area contributed by atoms with Crippen LogP contribution in [0.15, 0.2) is 35.4 Å². The summed E-state index contributed by atoms with van der Waals surface area (Å²) in [4.78, 5) is 37.7. The highest BCUT2D eigenvalue weighted by atomic mass is 16.7. The van der Waals surface area contributed by atoms with E-state index in [9.17, 15) is 19.5 Å². The number of allylic oxidation sites excluding steroid dienone is 2. The van der Waals surface area contributed by atoms with Gasteiger partial charge in [0.05, 0.1) is 7.11 Å². The maximum Gasteiger partial charge on any atom is 0.342 e. The van der Waals surface area contributed by atoms with Gasteiger partial charge in [-0.25, -0.2) is 14.4 Å². The molecule has 0 radical (unpaired) electrons. The molecule has 1 aliphatic heterocycles. The summed E-state index contributed by atoms with van der Waals surface area (Å²) in [6, 6.07) is 3.18. The van der Waals surface area contributed by atoms with E-state index >= 15 is 0 Å². The number of ether oxygens (including phenoxy) is 6. The summed E-state index contributed by atoms with van der Waals surface area (Å²) >= 11 is 0. The van der Waals surface area contributed by atoms with Crippen LogP contribution in [-0.4, -0.2) is 54.7 Å². The van der Waals surface area contributed by atoms with Crippen molar-refractivity contribution in [2.24, 2.45) is 0 Å². The van der Waals surface area contributed by atoms with Crippen molar-refractivity contribution in [1.29, 1.82) is 0 Å². The topological polar surface area (TPSA) is 127 Å². The Morgan fingerprint density at radius 2 is 1.58 bits per heavy atom. The van der Waals surface area contributed by atoms with Crippen LogP contribution in [0.1, 0.15) is 60.1 Å². The Balaban J connectivity index is 2.34. The van der Waals surface area contributed by atoms with Gasteiger partial charge < -0.3 is 33.5 Å². The van der Waals surface area contributed by atoms with Crippen molar-refractivity contribution in [3.63, 3.8) is 0 Å². The molecule has 0 saturated carbocycles. The van der Waals surface area contributed by atoms with Crippen molar-refractivity contribution in [3.8, 4) is 17.2 Å². The molecule has 2 rings (SSSR count). The Kier molecular flexibility index (Phi) is 9.52. The van der Waals surface area contributed by atoms with Gasteiger partial charge in [-0.1, -0.05) is 12.2 Å². The Morgan fingerprint density at radius 3 is 2.14 bits per heavy atom. The second-order valence-electron chi connectivity index (χ2n) is 8.53. The quantitative estimate of drug-likeness (QED) is 0.286. The van der Waals surface area contributed by atoms with E-state index in [1.54, 1.807) is 52.0 Å². The standard InChI is InChI=1S/C26H34O10/c1-9-14(3)23(27)35-17(6)26(7,30)25(29)34-16(5)21(36-24(28)15(4)10-2)18-11-19(31-8)22-20(12-18)32-13-33-22/h9-12,16-17,21,30H,13H2,1-8H3/t16-,17+,21+,26+/m0/s1. The highest BCUT2D eigenvalue weighted by molar-refractivity contribution is 5.89. The first-order valence-corrected chi connectivity index (χ1v) is 11.5. The molecule has 10 nitrogen and oxygen atoms in total. The SMILES string of the molecule is CC=C(C)C(=O)O[C@@H](c1cc(OC)c2c(c1)OCO2)[C@H](C)OC(=O)[C@](C)(O)[C@@H](C)OC(=O)C(C)=CC. The first kappa shape index (κ1) is 28.7. The number of rotatable bonds is 10. The number of fused-ring (bicyclic) bond motifs is 1. The maximum absolute atomic E-state index is 13.0. The van der Waals surface area contributed by atoms with E-state index in [2.05, 4.69) is 0 Å². The fourth-order valence-corrected chi connectivity index (χ4v) is 3.08. The van der Waals surface area contributed by atoms with E-state index in [0.29, 0.717) is 34.0 Å². The first-order chi connectivity index (χ1) is 16.9. The molecule has 1 aliphatic rings. The minimum absolute atomic E-state index is 0.00596. The lowest BCUT2D eigenvalue weighted by molar-refractivity contribution is -0.192. The molecule has 4 atom stereocenters. The van der Waals surface area contributed by atoms with Gasteiger partial charge in [-0.15, -0.1) is 0 Å². The summed E-state index contributed by atoms with van der Waals surface area (Å²) in [5, 5.41) is 10.8. The second-order valence-corrected chi connectivity index (χ2v) is 8.53. The van der Waals surface area contributed by atoms with Gasteiger partial charge in [0.25, 0.3) is 0 Å². The van der Waals surface area contributed by atoms with Crippen LogP contribution in [0.25, 0.3) is 0 Å². The van der Waals surface area contributed by atoms with E-state index in [1.807, 2.05) is 0 Å². The van der Waals surface area contributed by atoms with Crippen LogP contribution in [0, 0.1) is 0 Å². The fraction of sp³-hybridized carbons (Fsp3) is 0.500. The van der Waals surface area contributed by atoms with Crippen molar-refractivity contribution in [2.45, 2.75) is 72.4 Å². The van der Waals surface area contributed by atoms with Crippen LogP contribution in [0.3, 0.4) is 0 Å². The van der Waals surface area contributed by atoms with Crippen LogP contribution in [0.2, 0.25) is 0 Å². The van der Waals surface area contributed by atoms with Gasteiger partial charge in [0.15, 0.2) is 23.2 Å². The molecule has 1 N–H and O–H groups in total. The van der Waals surface area contributed by atoms with Crippen LogP contribution < -0.4 is 14.2 Å². The minimum Gasteiger partial charge on any atom is -0.493 e. The molecule has 0 saturated heterocycles. The summed E-state index contributed by atoms with van der Waals surface area (Å²) in [7, 11) is 1.45. The molecule has 198 valence electrons. The number of carbonyl (C=O) groups excluding carboxylic acids is 3. The number of methoxy groups -OCH3 is 1. The first-order valence-electron chi connectivity index (χ1n) is 11.5. The monoisotopic (exact) mass is 506 g/mol. The number of esters is 3. The van der Waals surface area contributed by atoms with Crippen molar-refractivity contribution in [1.82, 2.24) is 0 Å². The Labute approximate surface area is 210 Å². The molecule has 1 aromatic rings. The average molecular weight is 507 g/mol. The summed E-state index contributed by atoms with van der Waals surface area (Å²) < 4.78 is 32.7. The molecule has 0 bridgehead atoms. The van der Waals surface area contributed by atoms with Gasteiger partial charge in [0.1, 0.15) is 12.2 Å². The molecule has 10 heteroatoms. The van der Waals surface area contributed by atoms with Crippen molar-refractivity contribution < 1.29 is 47.9 Å². The smallest absolute Gasteiger partial charge is 0.342 e. The predicted octanol–water partition coefficient (Wildman–Crippen LogP) is 3.56. The molecule has 36 heavy (non-hydrogen) atoms. The van der Waals surface area contributed by atoms with E-state index in [4.69, 9.17) is 28.4 Å². The molecule has 0 fully saturated rings. The largest absolute Gasteiger partial charge is 0.493 e. The molecular weight excluding hydrogens is 472 g/mol. The zero-order valence-corrected chi connectivity index (χ0v) is 21.9. The van der Waals surface area contributed by atoms with Crippen LogP contribution >= 0.6 is 0 Å². The van der Waals surface area contributed by atoms with Gasteiger partial charge in [-0.2, -0.15) is 0 Å². The lowest BCUT2D eigenvalue weighted by atomic mass is 9.99. The molecule has 1 aromatic carbocycles. The lowest BCUT2D eigenvalue weighted by Crippen LogP contribution is -2.49. The third kappa shape index (κ3) is 6.37. The van der Waals surface area contributed by atoms with E-state index in [0.717, 1.165) is 0 Å². The summed E-state index contributed by atoms with van der Waals surface area (Å²) in [5.74, 6) is -1.25. The van der Waals surface area contributed by atoms with Crippen molar-refractivity contribution in [2.75, 3.05) is 13.9 Å². The number of benzene rings is 1. The third-order valence-corrected chi connectivity index (χ3v) is 5.96. The second kappa shape index (κ2) is 11.9. The Hall–Kier alpha value is -3.53. The van der Waals surface area contributed by atoms with E-state index in [1.165, 1.54) is 27.9 Å². The zero-order valence-electron chi connectivity index (χ0n) is 21.9. The van der Waals surface area contributed by atoms with Gasteiger partial charge in [-0.05, 0) is 60.6 Å². The zero-order chi connectivity index (χ0) is 27.2. The van der Waals surface area contributed by atoms with E-state index < -0.39 is 41.8 Å². The van der Waals surface area contributed by atoms with Gasteiger partial charge in [0, 0.05) is 16.7 Å². The van der Waals surface area contributed by atoms with Crippen LogP contribution in [0.5, 0.6) is 17.2 Å². The number of aliphatic hydroxyl groups is 1. The minimum atomic E-state index is -2.18. The molecule has 0 spiro atoms. The fourth-order valence-electron chi connectivity index (χ4n) is 3.08. The van der Waals surface area contributed by atoms with E-state index in [-0.39, 0.29) is 6.79 Å². The summed E-state index contributed by atoms with van der Waals surface area (Å²) in [6.45, 7) is 10.6. The predicted molar refractivity (Wildman–Crippen MR) is 129 cm³/mol. The molecule has 0 aromatic heterocycles. The molecular formula is C26H34O10. The maximum atomic E-state index is 13.0. The van der Waals surface area contributed by atoms with Crippen LogP contribution in [-0.2, 0) is 28.6 Å². The average Bonchev–Trinajstić information content (AvgIpc) is 3.33. The molecule has 1 heterocycles. The van der Waals surface area contributed by atoms with Gasteiger partial charge in [-0.3, -0.25) is 0 Å². The van der Waals surface area contributed by atoms with Gasteiger partial charge >= 0.3 is 17.9 Å². The lowest BCUT2D eigenvalue weighted by Gasteiger charge is -2.31. The Morgan fingerprint density at radius 1 is 1.00 bits per heavy atom. The highest BCUT2D eigenvalue weighted by Gasteiger charge is 2.43. The molecule has 0 unspecified atom stereocenters. The summed E-state index contributed by atoms with van der Waals surface area (Å²) in [6.07, 6.45) is -0.252. The van der Waals surface area contributed by atoms with Crippen molar-refractivity contribution in [3.05, 3.63) is 41.0 Å². The van der Waals surface area contributed by atoms with Crippen molar-refractivity contribution >= 4 is 17.9 Å². The molecule has 0 aliphatic carbocycles. The highest BCUT2D eigenvalue weighted by Crippen LogP contribution is 2.44. The number of hydrogen-bond acceptors (Lipinski definition) is 10. The van der Waals surface area contributed by atoms with Gasteiger partial charge in [0.2, 0.25) is 12.5 Å². The third-order valence-electron chi connectivity index (χ3n) is 5.96. The van der Waals surface area contributed by atoms with Crippen LogP contribution in [0.4, 0.5) is 0 Å². The molecule has 0 amide bonds. The normalized spacial score (nSPS) is 17.4. The number of hydrogen-bond donors (Lipinski definition) is 1. The summed E-state index contributed by atoms with van der Waals surface area (Å²) in [5.41, 5.74) is -1.10. The number of carbonyl (C=O) groups is 3. The Bertz CT molecular complexity index is 1050.